The molecule has 1 amide bonds. The third-order valence-corrected chi connectivity index (χ3v) is 3.14. The van der Waals surface area contributed by atoms with E-state index in [-0.39, 0.29) is 18.7 Å². The van der Waals surface area contributed by atoms with Gasteiger partial charge in [0.25, 0.3) is 5.91 Å². The van der Waals surface area contributed by atoms with Crippen LogP contribution >= 0.6 is 0 Å². The molecule has 1 fully saturated rings. The number of nitrogens with zero attached hydrogens (tertiary/aromatic N) is 1. The quantitative estimate of drug-likeness (QED) is 0.755. The average Bonchev–Trinajstić information content (AvgIpc) is 2.27. The van der Waals surface area contributed by atoms with Crippen LogP contribution in [0.5, 0.6) is 0 Å². The molecule has 17 heavy (non-hydrogen) atoms. The van der Waals surface area contributed by atoms with Crippen LogP contribution in [0.15, 0.2) is 18.2 Å². The van der Waals surface area contributed by atoms with E-state index in [1.807, 2.05) is 6.92 Å². The summed E-state index contributed by atoms with van der Waals surface area (Å²) in [7, 11) is 0. The van der Waals surface area contributed by atoms with Crippen molar-refractivity contribution in [3.05, 3.63) is 29.6 Å². The molecule has 0 aromatic heterocycles. The lowest BCUT2D eigenvalue weighted by Crippen LogP contribution is -2.63. The predicted octanol–water partition coefficient (Wildman–Crippen LogP) is 1.00. The molecular formula is C12H15FN2O2. The third kappa shape index (κ3) is 2.10. The van der Waals surface area contributed by atoms with Crippen molar-refractivity contribution < 1.29 is 14.3 Å². The van der Waals surface area contributed by atoms with Gasteiger partial charge in [-0.2, -0.15) is 0 Å². The van der Waals surface area contributed by atoms with Crippen LogP contribution in [0.3, 0.4) is 0 Å². The minimum absolute atomic E-state index is 0.0387. The summed E-state index contributed by atoms with van der Waals surface area (Å²) in [6, 6.07) is 3.90. The number of nitrogens with two attached hydrogens (primary N) is 1. The Labute approximate surface area is 98.8 Å². The maximum absolute atomic E-state index is 13.4. The van der Waals surface area contributed by atoms with Crippen molar-refractivity contribution >= 4 is 11.6 Å². The van der Waals surface area contributed by atoms with E-state index in [1.54, 1.807) is 0 Å². The lowest BCUT2D eigenvalue weighted by atomic mass is 9.90. The van der Waals surface area contributed by atoms with Crippen LogP contribution in [-0.2, 0) is 0 Å². The van der Waals surface area contributed by atoms with Crippen LogP contribution in [0.2, 0.25) is 0 Å². The largest absolute Gasteiger partial charge is 0.399 e. The number of aliphatic hydroxyl groups is 1. The lowest BCUT2D eigenvalue weighted by molar-refractivity contribution is -0.0827. The molecule has 92 valence electrons. The van der Waals surface area contributed by atoms with E-state index in [4.69, 9.17) is 5.73 Å². The zero-order valence-corrected chi connectivity index (χ0v) is 9.61. The van der Waals surface area contributed by atoms with E-state index in [1.165, 1.54) is 23.1 Å². The Morgan fingerprint density at radius 2 is 2.24 bits per heavy atom. The average molecular weight is 238 g/mol. The van der Waals surface area contributed by atoms with E-state index in [0.29, 0.717) is 12.1 Å². The number of likely N-dealkylation sites (tertiary alicyclic amines) is 1. The van der Waals surface area contributed by atoms with Gasteiger partial charge in [0.15, 0.2) is 0 Å². The summed E-state index contributed by atoms with van der Waals surface area (Å²) < 4.78 is 13.4. The van der Waals surface area contributed by atoms with E-state index in [0.717, 1.165) is 0 Å². The highest BCUT2D eigenvalue weighted by atomic mass is 19.1. The summed E-state index contributed by atoms with van der Waals surface area (Å²) in [5, 5.41) is 9.80. The Balaban J connectivity index is 2.14. The van der Waals surface area contributed by atoms with Crippen molar-refractivity contribution in [3.63, 3.8) is 0 Å². The van der Waals surface area contributed by atoms with Crippen molar-refractivity contribution in [2.75, 3.05) is 18.8 Å². The molecule has 1 aromatic rings. The molecule has 0 unspecified atom stereocenters. The minimum atomic E-state index is -0.813. The number of carbonyl (C=O) groups is 1. The van der Waals surface area contributed by atoms with Gasteiger partial charge in [0, 0.05) is 5.69 Å². The molecule has 0 spiro atoms. The van der Waals surface area contributed by atoms with Gasteiger partial charge in [0.05, 0.1) is 24.3 Å². The highest BCUT2D eigenvalue weighted by Gasteiger charge is 2.42. The first-order chi connectivity index (χ1) is 7.95. The molecular weight excluding hydrogens is 223 g/mol. The Bertz CT molecular complexity index is 456. The summed E-state index contributed by atoms with van der Waals surface area (Å²) >= 11 is 0. The van der Waals surface area contributed by atoms with Gasteiger partial charge in [-0.05, 0) is 24.6 Å². The number of halogens is 1. The Hall–Kier alpha value is -1.62. The molecule has 2 rings (SSSR count). The molecule has 1 saturated heterocycles. The summed E-state index contributed by atoms with van der Waals surface area (Å²) in [4.78, 5) is 13.3. The summed E-state index contributed by atoms with van der Waals surface area (Å²) in [6.45, 7) is 2.34. The fraction of sp³-hybridized carbons (Fsp3) is 0.417. The lowest BCUT2D eigenvalue weighted by Gasteiger charge is -2.46. The van der Waals surface area contributed by atoms with Crippen LogP contribution in [0.25, 0.3) is 0 Å². The fourth-order valence-corrected chi connectivity index (χ4v) is 1.91. The molecule has 0 radical (unpaired) electrons. The number of carbonyl (C=O) groups excluding carboxylic acids is 1. The summed E-state index contributed by atoms with van der Waals surface area (Å²) in [5.74, 6) is -1.01. The van der Waals surface area contributed by atoms with Crippen LogP contribution in [0.1, 0.15) is 23.7 Å². The summed E-state index contributed by atoms with van der Waals surface area (Å²) in [5.41, 5.74) is 5.01. The number of β-amino-alcohol motifs (C(OH)–C–C–N with tert-alkyl or cyclic N) is 1. The molecule has 0 aliphatic carbocycles. The number of anilines is 1. The Morgan fingerprint density at radius 3 is 2.82 bits per heavy atom. The monoisotopic (exact) mass is 238 g/mol. The van der Waals surface area contributed by atoms with Gasteiger partial charge in [0.1, 0.15) is 5.82 Å². The second kappa shape index (κ2) is 4.00. The molecule has 0 saturated carbocycles. The van der Waals surface area contributed by atoms with Crippen LogP contribution in [0.4, 0.5) is 10.1 Å². The first kappa shape index (κ1) is 11.9. The standard InChI is InChI=1S/C12H15FN2O2/c1-2-12(17)6-15(7-12)11(16)9-5-8(14)3-4-10(9)13/h3-5,17H,2,6-7,14H2,1H3. The fourth-order valence-electron chi connectivity index (χ4n) is 1.91. The molecule has 5 heteroatoms. The molecule has 4 nitrogen and oxygen atoms in total. The number of nitrogen functional groups attached to an aromatic ring is 1. The maximum atomic E-state index is 13.4. The summed E-state index contributed by atoms with van der Waals surface area (Å²) in [6.07, 6.45) is 0.580. The first-order valence-corrected chi connectivity index (χ1v) is 5.52. The maximum Gasteiger partial charge on any atom is 0.257 e. The number of hydrogen-bond acceptors (Lipinski definition) is 3. The second-order valence-electron chi connectivity index (χ2n) is 4.48. The van der Waals surface area contributed by atoms with E-state index in [2.05, 4.69) is 0 Å². The van der Waals surface area contributed by atoms with Crippen molar-refractivity contribution in [3.8, 4) is 0 Å². The van der Waals surface area contributed by atoms with Gasteiger partial charge < -0.3 is 15.7 Å². The van der Waals surface area contributed by atoms with Crippen molar-refractivity contribution in [1.82, 2.24) is 4.90 Å². The minimum Gasteiger partial charge on any atom is -0.399 e. The molecule has 1 heterocycles. The number of amides is 1. The van der Waals surface area contributed by atoms with Crippen molar-refractivity contribution in [2.24, 2.45) is 0 Å². The Morgan fingerprint density at radius 1 is 1.59 bits per heavy atom. The zero-order chi connectivity index (χ0) is 12.6. The van der Waals surface area contributed by atoms with Gasteiger partial charge in [-0.25, -0.2) is 4.39 Å². The predicted molar refractivity (Wildman–Crippen MR) is 62.0 cm³/mol. The van der Waals surface area contributed by atoms with Gasteiger partial charge in [0.2, 0.25) is 0 Å². The number of benzene rings is 1. The van der Waals surface area contributed by atoms with Crippen molar-refractivity contribution in [1.29, 1.82) is 0 Å². The SMILES string of the molecule is CCC1(O)CN(C(=O)c2cc(N)ccc2F)C1. The van der Waals surface area contributed by atoms with Gasteiger partial charge in [-0.1, -0.05) is 6.92 Å². The van der Waals surface area contributed by atoms with E-state index in [9.17, 15) is 14.3 Å². The highest BCUT2D eigenvalue weighted by Crippen LogP contribution is 2.26. The number of hydrogen-bond donors (Lipinski definition) is 2. The van der Waals surface area contributed by atoms with Gasteiger partial charge in [-0.3, -0.25) is 4.79 Å². The topological polar surface area (TPSA) is 66.6 Å². The molecule has 1 aliphatic rings. The Kier molecular flexibility index (Phi) is 2.79. The zero-order valence-electron chi connectivity index (χ0n) is 9.61. The van der Waals surface area contributed by atoms with Gasteiger partial charge >= 0.3 is 0 Å². The second-order valence-corrected chi connectivity index (χ2v) is 4.48. The van der Waals surface area contributed by atoms with Crippen LogP contribution in [-0.4, -0.2) is 34.6 Å². The normalized spacial score (nSPS) is 17.7. The molecule has 3 N–H and O–H groups in total. The third-order valence-electron chi connectivity index (χ3n) is 3.14. The molecule has 0 bridgehead atoms. The van der Waals surface area contributed by atoms with Crippen LogP contribution < -0.4 is 5.73 Å². The van der Waals surface area contributed by atoms with E-state index >= 15 is 0 Å². The van der Waals surface area contributed by atoms with Gasteiger partial charge in [-0.15, -0.1) is 0 Å². The number of rotatable bonds is 2. The smallest absolute Gasteiger partial charge is 0.257 e. The van der Waals surface area contributed by atoms with Crippen LogP contribution in [0, 0.1) is 5.82 Å². The highest BCUT2D eigenvalue weighted by molar-refractivity contribution is 5.96. The van der Waals surface area contributed by atoms with E-state index < -0.39 is 17.3 Å². The first-order valence-electron chi connectivity index (χ1n) is 5.52. The molecule has 0 atom stereocenters. The molecule has 1 aliphatic heterocycles. The van der Waals surface area contributed by atoms with Crippen molar-refractivity contribution in [2.45, 2.75) is 18.9 Å². The molecule has 1 aromatic carbocycles.